The quantitative estimate of drug-likeness (QED) is 0.857. The lowest BCUT2D eigenvalue weighted by Crippen LogP contribution is -2.32. The number of halogens is 1. The Labute approximate surface area is 105 Å². The zero-order valence-electron chi connectivity index (χ0n) is 9.45. The largest absolute Gasteiger partial charge is 0.316 e. The van der Waals surface area contributed by atoms with Crippen molar-refractivity contribution in [1.82, 2.24) is 15.5 Å². The number of carbonyl (C=O) groups is 1. The lowest BCUT2D eigenvalue weighted by molar-refractivity contribution is -0.117. The summed E-state index contributed by atoms with van der Waals surface area (Å²) < 4.78 is 0. The van der Waals surface area contributed by atoms with Crippen molar-refractivity contribution in [1.29, 1.82) is 0 Å². The van der Waals surface area contributed by atoms with Crippen LogP contribution in [0.1, 0.15) is 19.3 Å². The second kappa shape index (κ2) is 5.93. The molecule has 17 heavy (non-hydrogen) atoms. The molecule has 5 nitrogen and oxygen atoms in total. The standard InChI is InChI=1S/C11H15ClN4O/c12-9-3-4-10(16-15-9)14-11(17)6-8-2-1-5-13-7-8/h3-4,8,13H,1-2,5-7H2,(H,14,16,17). The molecule has 1 amide bonds. The van der Waals surface area contributed by atoms with Gasteiger partial charge in [0.1, 0.15) is 0 Å². The van der Waals surface area contributed by atoms with E-state index in [4.69, 9.17) is 11.6 Å². The van der Waals surface area contributed by atoms with Crippen molar-refractivity contribution in [3.63, 3.8) is 0 Å². The smallest absolute Gasteiger partial charge is 0.225 e. The lowest BCUT2D eigenvalue weighted by atomic mass is 9.96. The topological polar surface area (TPSA) is 66.9 Å². The molecule has 92 valence electrons. The molecule has 6 heteroatoms. The molecule has 1 atom stereocenters. The minimum atomic E-state index is -0.0182. The fraction of sp³-hybridized carbons (Fsp3) is 0.545. The maximum Gasteiger partial charge on any atom is 0.225 e. The van der Waals surface area contributed by atoms with E-state index in [9.17, 15) is 4.79 Å². The number of carbonyl (C=O) groups excluding carboxylic acids is 1. The minimum Gasteiger partial charge on any atom is -0.316 e. The van der Waals surface area contributed by atoms with Gasteiger partial charge >= 0.3 is 0 Å². The van der Waals surface area contributed by atoms with E-state index in [-0.39, 0.29) is 5.91 Å². The van der Waals surface area contributed by atoms with Crippen LogP contribution in [0.15, 0.2) is 12.1 Å². The highest BCUT2D eigenvalue weighted by Crippen LogP contribution is 2.15. The Morgan fingerprint density at radius 3 is 3.06 bits per heavy atom. The third-order valence-electron chi connectivity index (χ3n) is 2.77. The molecule has 2 N–H and O–H groups in total. The molecule has 0 spiro atoms. The van der Waals surface area contributed by atoms with Crippen molar-refractivity contribution >= 4 is 23.3 Å². The molecule has 0 saturated carbocycles. The second-order valence-corrected chi connectivity index (χ2v) is 4.59. The summed E-state index contributed by atoms with van der Waals surface area (Å²) in [5.74, 6) is 0.850. The van der Waals surface area contributed by atoms with Gasteiger partial charge in [-0.25, -0.2) is 0 Å². The molecule has 0 bridgehead atoms. The Hall–Kier alpha value is -1.20. The predicted octanol–water partition coefficient (Wildman–Crippen LogP) is 1.46. The van der Waals surface area contributed by atoms with Gasteiger partial charge in [-0.05, 0) is 44.0 Å². The van der Waals surface area contributed by atoms with Crippen molar-refractivity contribution in [2.24, 2.45) is 5.92 Å². The Kier molecular flexibility index (Phi) is 4.28. The van der Waals surface area contributed by atoms with Crippen LogP contribution in [-0.2, 0) is 4.79 Å². The van der Waals surface area contributed by atoms with Gasteiger partial charge in [-0.15, -0.1) is 10.2 Å². The van der Waals surface area contributed by atoms with E-state index in [0.29, 0.717) is 23.3 Å². The molecule has 2 rings (SSSR count). The Bertz CT molecular complexity index is 376. The van der Waals surface area contributed by atoms with E-state index in [0.717, 1.165) is 25.9 Å². The maximum atomic E-state index is 11.7. The van der Waals surface area contributed by atoms with Crippen LogP contribution >= 0.6 is 11.6 Å². The van der Waals surface area contributed by atoms with Crippen molar-refractivity contribution in [3.05, 3.63) is 17.3 Å². The Balaban J connectivity index is 1.82. The third kappa shape index (κ3) is 3.94. The number of hydrogen-bond donors (Lipinski definition) is 2. The summed E-state index contributed by atoms with van der Waals surface area (Å²) in [6.45, 7) is 1.97. The normalized spacial score (nSPS) is 19.9. The molecule has 0 aliphatic carbocycles. The van der Waals surface area contributed by atoms with Crippen molar-refractivity contribution < 1.29 is 4.79 Å². The number of anilines is 1. The van der Waals surface area contributed by atoms with Crippen LogP contribution in [0.3, 0.4) is 0 Å². The first kappa shape index (κ1) is 12.3. The summed E-state index contributed by atoms with van der Waals surface area (Å²) in [7, 11) is 0. The molecule has 1 aliphatic rings. The number of nitrogens with one attached hydrogen (secondary N) is 2. The fourth-order valence-corrected chi connectivity index (χ4v) is 2.04. The van der Waals surface area contributed by atoms with E-state index in [1.807, 2.05) is 0 Å². The van der Waals surface area contributed by atoms with Gasteiger partial charge < -0.3 is 10.6 Å². The minimum absolute atomic E-state index is 0.0182. The molecule has 0 radical (unpaired) electrons. The van der Waals surface area contributed by atoms with E-state index in [2.05, 4.69) is 20.8 Å². The Morgan fingerprint density at radius 2 is 2.41 bits per heavy atom. The molecule has 1 aromatic rings. The molecule has 1 saturated heterocycles. The van der Waals surface area contributed by atoms with Gasteiger partial charge in [-0.2, -0.15) is 0 Å². The van der Waals surface area contributed by atoms with E-state index < -0.39 is 0 Å². The first-order valence-corrected chi connectivity index (χ1v) is 6.11. The zero-order valence-corrected chi connectivity index (χ0v) is 10.2. The summed E-state index contributed by atoms with van der Waals surface area (Å²) in [6, 6.07) is 3.25. The van der Waals surface area contributed by atoms with Crippen LogP contribution in [0.4, 0.5) is 5.82 Å². The van der Waals surface area contributed by atoms with Crippen LogP contribution in [0.5, 0.6) is 0 Å². The Morgan fingerprint density at radius 1 is 1.53 bits per heavy atom. The summed E-state index contributed by atoms with van der Waals surface area (Å²) in [5.41, 5.74) is 0. The predicted molar refractivity (Wildman–Crippen MR) is 65.9 cm³/mol. The second-order valence-electron chi connectivity index (χ2n) is 4.21. The average Bonchev–Trinajstić information content (AvgIpc) is 2.33. The summed E-state index contributed by atoms with van der Waals surface area (Å²) >= 11 is 5.61. The first-order chi connectivity index (χ1) is 8.24. The SMILES string of the molecule is O=C(CC1CCCNC1)Nc1ccc(Cl)nn1. The summed E-state index contributed by atoms with van der Waals surface area (Å²) in [5, 5.41) is 13.8. The third-order valence-corrected chi connectivity index (χ3v) is 2.97. The molecule has 1 aliphatic heterocycles. The highest BCUT2D eigenvalue weighted by molar-refractivity contribution is 6.29. The number of piperidine rings is 1. The van der Waals surface area contributed by atoms with Crippen molar-refractivity contribution in [2.75, 3.05) is 18.4 Å². The van der Waals surface area contributed by atoms with Gasteiger partial charge in [0.15, 0.2) is 11.0 Å². The highest BCUT2D eigenvalue weighted by Gasteiger charge is 2.16. The molecular formula is C11H15ClN4O. The lowest BCUT2D eigenvalue weighted by Gasteiger charge is -2.21. The maximum absolute atomic E-state index is 11.7. The molecular weight excluding hydrogens is 240 g/mol. The molecule has 1 fully saturated rings. The van der Waals surface area contributed by atoms with Gasteiger partial charge in [0.25, 0.3) is 0 Å². The number of aromatic nitrogens is 2. The number of nitrogens with zero attached hydrogens (tertiary/aromatic N) is 2. The number of hydrogen-bond acceptors (Lipinski definition) is 4. The number of amides is 1. The van der Waals surface area contributed by atoms with E-state index in [1.165, 1.54) is 0 Å². The first-order valence-electron chi connectivity index (χ1n) is 5.74. The molecule has 1 unspecified atom stereocenters. The van der Waals surface area contributed by atoms with Crippen molar-refractivity contribution in [2.45, 2.75) is 19.3 Å². The van der Waals surface area contributed by atoms with Crippen LogP contribution in [0.2, 0.25) is 5.15 Å². The van der Waals surface area contributed by atoms with Gasteiger partial charge in [0.2, 0.25) is 5.91 Å². The van der Waals surface area contributed by atoms with Gasteiger partial charge in [0, 0.05) is 6.42 Å². The van der Waals surface area contributed by atoms with Gasteiger partial charge in [-0.3, -0.25) is 4.79 Å². The van der Waals surface area contributed by atoms with Crippen LogP contribution in [0, 0.1) is 5.92 Å². The van der Waals surface area contributed by atoms with Gasteiger partial charge in [0.05, 0.1) is 0 Å². The average molecular weight is 255 g/mol. The fourth-order valence-electron chi connectivity index (χ4n) is 1.94. The van der Waals surface area contributed by atoms with E-state index in [1.54, 1.807) is 12.1 Å². The molecule has 0 aromatic carbocycles. The van der Waals surface area contributed by atoms with E-state index >= 15 is 0 Å². The monoisotopic (exact) mass is 254 g/mol. The van der Waals surface area contributed by atoms with Crippen LogP contribution in [-0.4, -0.2) is 29.2 Å². The molecule has 2 heterocycles. The van der Waals surface area contributed by atoms with Crippen LogP contribution < -0.4 is 10.6 Å². The number of rotatable bonds is 3. The summed E-state index contributed by atoms with van der Waals surface area (Å²) in [4.78, 5) is 11.7. The highest BCUT2D eigenvalue weighted by atomic mass is 35.5. The zero-order chi connectivity index (χ0) is 12.1. The van der Waals surface area contributed by atoms with Crippen LogP contribution in [0.25, 0.3) is 0 Å². The van der Waals surface area contributed by atoms with Gasteiger partial charge in [-0.1, -0.05) is 11.6 Å². The molecule has 1 aromatic heterocycles. The summed E-state index contributed by atoms with van der Waals surface area (Å²) in [6.07, 6.45) is 2.77. The van der Waals surface area contributed by atoms with Crippen molar-refractivity contribution in [3.8, 4) is 0 Å².